The van der Waals surface area contributed by atoms with Gasteiger partial charge in [0, 0.05) is 18.1 Å². The summed E-state index contributed by atoms with van der Waals surface area (Å²) in [6.07, 6.45) is 0. The number of aliphatic carboxylic acids is 1. The molecule has 0 aliphatic rings. The van der Waals surface area contributed by atoms with Gasteiger partial charge in [-0.1, -0.05) is 0 Å². The average molecular weight is 322 g/mol. The molecule has 1 rings (SSSR count). The Labute approximate surface area is 113 Å². The maximum Gasteiger partial charge on any atom is 0.321 e. The minimum absolute atomic E-state index is 0.399. The number of hydrogen-bond acceptors (Lipinski definition) is 4. The summed E-state index contributed by atoms with van der Waals surface area (Å²) in [6, 6.07) is -0.808. The van der Waals surface area contributed by atoms with Crippen molar-refractivity contribution in [1.82, 2.24) is 9.78 Å². The molecular formula is C10H16BrN3O2S. The Morgan fingerprint density at radius 3 is 2.88 bits per heavy atom. The van der Waals surface area contributed by atoms with E-state index in [0.717, 1.165) is 22.4 Å². The van der Waals surface area contributed by atoms with Crippen LogP contribution in [0.5, 0.6) is 0 Å². The Bertz CT molecular complexity index is 409. The number of nitrogens with zero attached hydrogens (tertiary/aromatic N) is 2. The molecule has 0 aliphatic carbocycles. The van der Waals surface area contributed by atoms with Gasteiger partial charge in [-0.2, -0.15) is 16.9 Å². The Balaban J connectivity index is 2.60. The van der Waals surface area contributed by atoms with Crippen molar-refractivity contribution < 1.29 is 9.90 Å². The first-order valence-corrected chi connectivity index (χ1v) is 7.20. The van der Waals surface area contributed by atoms with Crippen LogP contribution in [0.3, 0.4) is 0 Å². The zero-order valence-corrected chi connectivity index (χ0v) is 12.2. The van der Waals surface area contributed by atoms with E-state index >= 15 is 0 Å². The van der Waals surface area contributed by atoms with Crippen LogP contribution in [0.15, 0.2) is 4.47 Å². The van der Waals surface area contributed by atoms with Gasteiger partial charge in [0.25, 0.3) is 0 Å². The lowest BCUT2D eigenvalue weighted by atomic mass is 10.4. The molecule has 0 aromatic carbocycles. The van der Waals surface area contributed by atoms with E-state index in [0.29, 0.717) is 11.5 Å². The molecule has 0 radical (unpaired) electrons. The van der Waals surface area contributed by atoms with Crippen molar-refractivity contribution in [3.05, 3.63) is 15.9 Å². The van der Waals surface area contributed by atoms with Crippen LogP contribution in [0.1, 0.15) is 18.3 Å². The predicted molar refractivity (Wildman–Crippen MR) is 72.1 cm³/mol. The highest BCUT2D eigenvalue weighted by atomic mass is 79.9. The van der Waals surface area contributed by atoms with Gasteiger partial charge in [0.2, 0.25) is 0 Å². The highest BCUT2D eigenvalue weighted by Crippen LogP contribution is 2.25. The molecule has 1 heterocycles. The first-order chi connectivity index (χ1) is 7.97. The number of carbonyl (C=O) groups is 1. The zero-order valence-electron chi connectivity index (χ0n) is 9.81. The van der Waals surface area contributed by atoms with Crippen LogP contribution in [0, 0.1) is 6.92 Å². The van der Waals surface area contributed by atoms with Crippen molar-refractivity contribution in [2.75, 3.05) is 5.75 Å². The van der Waals surface area contributed by atoms with Crippen LogP contribution in [-0.2, 0) is 17.1 Å². The fraction of sp³-hybridized carbons (Fsp3) is 0.600. The maximum absolute atomic E-state index is 10.6. The molecule has 5 nitrogen and oxygen atoms in total. The van der Waals surface area contributed by atoms with Crippen molar-refractivity contribution in [1.29, 1.82) is 0 Å². The summed E-state index contributed by atoms with van der Waals surface area (Å²) in [7, 11) is 0. The van der Waals surface area contributed by atoms with Gasteiger partial charge in [-0.15, -0.1) is 0 Å². The Morgan fingerprint density at radius 2 is 2.35 bits per heavy atom. The third kappa shape index (κ3) is 3.72. The van der Waals surface area contributed by atoms with Crippen LogP contribution in [0.4, 0.5) is 0 Å². The number of carboxylic acid groups (broad SMARTS) is 1. The normalized spacial score (nSPS) is 12.7. The number of hydrogen-bond donors (Lipinski definition) is 2. The van der Waals surface area contributed by atoms with Crippen LogP contribution in [0.25, 0.3) is 0 Å². The van der Waals surface area contributed by atoms with E-state index in [-0.39, 0.29) is 0 Å². The number of aromatic nitrogens is 2. The molecule has 0 saturated carbocycles. The largest absolute Gasteiger partial charge is 0.480 e. The number of thioether (sulfide) groups is 1. The predicted octanol–water partition coefficient (Wildman–Crippen LogP) is 1.62. The summed E-state index contributed by atoms with van der Waals surface area (Å²) in [6.45, 7) is 4.76. The molecule has 0 spiro atoms. The van der Waals surface area contributed by atoms with E-state index in [4.69, 9.17) is 10.8 Å². The highest BCUT2D eigenvalue weighted by molar-refractivity contribution is 9.10. The second-order valence-electron chi connectivity index (χ2n) is 3.62. The van der Waals surface area contributed by atoms with Gasteiger partial charge < -0.3 is 10.8 Å². The summed E-state index contributed by atoms with van der Waals surface area (Å²) < 4.78 is 2.91. The summed E-state index contributed by atoms with van der Waals surface area (Å²) in [4.78, 5) is 10.6. The molecule has 7 heteroatoms. The van der Waals surface area contributed by atoms with Crippen LogP contribution < -0.4 is 5.73 Å². The molecular weight excluding hydrogens is 306 g/mol. The number of nitrogens with two attached hydrogens (primary N) is 1. The molecule has 0 saturated heterocycles. The quantitative estimate of drug-likeness (QED) is 0.832. The van der Waals surface area contributed by atoms with Crippen molar-refractivity contribution in [3.63, 3.8) is 0 Å². The van der Waals surface area contributed by atoms with Gasteiger partial charge in [0.1, 0.15) is 6.04 Å². The van der Waals surface area contributed by atoms with Gasteiger partial charge in [-0.25, -0.2) is 0 Å². The third-order valence-corrected chi connectivity index (χ3v) is 4.41. The van der Waals surface area contributed by atoms with E-state index in [2.05, 4.69) is 21.0 Å². The van der Waals surface area contributed by atoms with Crippen LogP contribution in [-0.4, -0.2) is 32.7 Å². The summed E-state index contributed by atoms with van der Waals surface area (Å²) >= 11 is 5.00. The molecule has 3 N–H and O–H groups in total. The zero-order chi connectivity index (χ0) is 13.0. The van der Waals surface area contributed by atoms with E-state index in [1.165, 1.54) is 11.8 Å². The highest BCUT2D eigenvalue weighted by Gasteiger charge is 2.15. The van der Waals surface area contributed by atoms with Gasteiger partial charge in [0.05, 0.1) is 15.9 Å². The minimum Gasteiger partial charge on any atom is -0.480 e. The maximum atomic E-state index is 10.6. The number of aryl methyl sites for hydroxylation is 2. The van der Waals surface area contributed by atoms with E-state index < -0.39 is 12.0 Å². The molecule has 1 aromatic heterocycles. The first kappa shape index (κ1) is 14.5. The molecule has 1 atom stereocenters. The van der Waals surface area contributed by atoms with Crippen molar-refractivity contribution in [2.24, 2.45) is 5.73 Å². The summed E-state index contributed by atoms with van der Waals surface area (Å²) in [5.41, 5.74) is 7.47. The lowest BCUT2D eigenvalue weighted by Gasteiger charge is -2.07. The van der Waals surface area contributed by atoms with Gasteiger partial charge in [-0.3, -0.25) is 9.48 Å². The fourth-order valence-corrected chi connectivity index (χ4v) is 2.97. The third-order valence-electron chi connectivity index (χ3n) is 2.31. The van der Waals surface area contributed by atoms with Crippen LogP contribution >= 0.6 is 27.7 Å². The lowest BCUT2D eigenvalue weighted by molar-refractivity contribution is -0.137. The molecule has 96 valence electrons. The topological polar surface area (TPSA) is 81.1 Å². The fourth-order valence-electron chi connectivity index (χ4n) is 1.36. The Kier molecular flexibility index (Phi) is 5.48. The monoisotopic (exact) mass is 321 g/mol. The molecule has 0 bridgehead atoms. The molecule has 0 unspecified atom stereocenters. The van der Waals surface area contributed by atoms with Crippen molar-refractivity contribution in [3.8, 4) is 0 Å². The van der Waals surface area contributed by atoms with E-state index in [1.54, 1.807) is 0 Å². The van der Waals surface area contributed by atoms with Gasteiger partial charge >= 0.3 is 5.97 Å². The molecule has 17 heavy (non-hydrogen) atoms. The standard InChI is InChI=1S/C10H16BrN3O2S/c1-3-14-8(9(11)6(2)13-14)5-17-4-7(12)10(15)16/h7H,3-5,12H2,1-2H3,(H,15,16)/t7-/m1/s1. The van der Waals surface area contributed by atoms with Gasteiger partial charge in [0.15, 0.2) is 0 Å². The molecule has 0 fully saturated rings. The average Bonchev–Trinajstić information content (AvgIpc) is 2.56. The Morgan fingerprint density at radius 1 is 1.71 bits per heavy atom. The number of halogens is 1. The smallest absolute Gasteiger partial charge is 0.321 e. The minimum atomic E-state index is -0.961. The second kappa shape index (κ2) is 6.42. The molecule has 1 aromatic rings. The van der Waals surface area contributed by atoms with E-state index in [9.17, 15) is 4.79 Å². The molecule has 0 aliphatic heterocycles. The van der Waals surface area contributed by atoms with Crippen molar-refractivity contribution in [2.45, 2.75) is 32.2 Å². The van der Waals surface area contributed by atoms with E-state index in [1.807, 2.05) is 18.5 Å². The number of carboxylic acids is 1. The van der Waals surface area contributed by atoms with Gasteiger partial charge in [-0.05, 0) is 29.8 Å². The van der Waals surface area contributed by atoms with Crippen LogP contribution in [0.2, 0.25) is 0 Å². The lowest BCUT2D eigenvalue weighted by Crippen LogP contribution is -2.32. The number of rotatable bonds is 6. The molecule has 0 amide bonds. The van der Waals surface area contributed by atoms with Crippen molar-refractivity contribution >= 4 is 33.7 Å². The first-order valence-electron chi connectivity index (χ1n) is 5.25. The Hall–Kier alpha value is -0.530. The second-order valence-corrected chi connectivity index (χ2v) is 5.44. The SMILES string of the molecule is CCn1nc(C)c(Br)c1CSC[C@@H](N)C(=O)O. The summed E-state index contributed by atoms with van der Waals surface area (Å²) in [5.74, 6) is 0.142. The summed E-state index contributed by atoms with van der Waals surface area (Å²) in [5, 5.41) is 13.0.